The van der Waals surface area contributed by atoms with Gasteiger partial charge in [0.05, 0.1) is 18.8 Å². The number of aromatic nitrogens is 1. The molecule has 0 atom stereocenters. The Morgan fingerprint density at radius 3 is 2.55 bits per heavy atom. The third kappa shape index (κ3) is 8.07. The highest BCUT2D eigenvalue weighted by Crippen LogP contribution is 2.21. The second kappa shape index (κ2) is 13.0. The number of piperidine rings is 1. The van der Waals surface area contributed by atoms with Gasteiger partial charge in [0.15, 0.2) is 5.96 Å². The number of hydrogen-bond acceptors (Lipinski definition) is 4. The fourth-order valence-corrected chi connectivity index (χ4v) is 4.55. The van der Waals surface area contributed by atoms with Crippen LogP contribution in [0.4, 0.5) is 0 Å². The van der Waals surface area contributed by atoms with E-state index in [1.54, 1.807) is 18.4 Å². The first kappa shape index (κ1) is 25.6. The van der Waals surface area contributed by atoms with E-state index in [-0.39, 0.29) is 36.4 Å². The minimum Gasteiger partial charge on any atom is -0.350 e. The zero-order valence-corrected chi connectivity index (χ0v) is 21.8. The Bertz CT molecular complexity index is 832. The standard InChI is InChI=1S/C23H33N5OS.HI/c1-17(2)20-16-30-21(27-20)14-25-23(24-3)26-15-22(29)28-11-9-19(10-12-28)13-18-7-5-4-6-8-18;/h4-8,16-17,19H,9-15H2,1-3H3,(H2,24,25,26);1H. The van der Waals surface area contributed by atoms with Gasteiger partial charge in [-0.1, -0.05) is 44.2 Å². The topological polar surface area (TPSA) is 69.6 Å². The summed E-state index contributed by atoms with van der Waals surface area (Å²) in [4.78, 5) is 23.4. The quantitative estimate of drug-likeness (QED) is 0.308. The maximum Gasteiger partial charge on any atom is 0.241 e. The van der Waals surface area contributed by atoms with Gasteiger partial charge in [0, 0.05) is 25.5 Å². The molecule has 0 radical (unpaired) electrons. The molecule has 1 aliphatic heterocycles. The Morgan fingerprint density at radius 1 is 1.23 bits per heavy atom. The van der Waals surface area contributed by atoms with Crippen LogP contribution in [0.5, 0.6) is 0 Å². The van der Waals surface area contributed by atoms with Crippen molar-refractivity contribution in [2.24, 2.45) is 10.9 Å². The van der Waals surface area contributed by atoms with Crippen LogP contribution in [0, 0.1) is 5.92 Å². The molecule has 0 bridgehead atoms. The number of halogens is 1. The normalized spacial score (nSPS) is 15.0. The Kier molecular flexibility index (Phi) is 10.7. The number of guanidine groups is 1. The van der Waals surface area contributed by atoms with Crippen molar-refractivity contribution in [2.45, 2.75) is 45.6 Å². The molecule has 1 fully saturated rings. The average Bonchev–Trinajstić information content (AvgIpc) is 3.24. The number of hydrogen-bond donors (Lipinski definition) is 2. The molecule has 2 N–H and O–H groups in total. The van der Waals surface area contributed by atoms with Crippen LogP contribution >= 0.6 is 35.3 Å². The van der Waals surface area contributed by atoms with Crippen LogP contribution in [0.3, 0.4) is 0 Å². The van der Waals surface area contributed by atoms with Crippen LogP contribution in [0.1, 0.15) is 48.9 Å². The lowest BCUT2D eigenvalue weighted by molar-refractivity contribution is -0.131. The summed E-state index contributed by atoms with van der Waals surface area (Å²) in [5.41, 5.74) is 2.50. The van der Waals surface area contributed by atoms with E-state index in [4.69, 9.17) is 0 Å². The molecule has 0 aliphatic carbocycles. The minimum absolute atomic E-state index is 0. The van der Waals surface area contributed by atoms with Gasteiger partial charge >= 0.3 is 0 Å². The Balaban J connectivity index is 0.00000341. The fraction of sp³-hybridized carbons (Fsp3) is 0.522. The first-order chi connectivity index (χ1) is 14.5. The van der Waals surface area contributed by atoms with Crippen LogP contribution in [-0.2, 0) is 17.8 Å². The molecule has 3 rings (SSSR count). The van der Waals surface area contributed by atoms with Gasteiger partial charge in [-0.05, 0) is 36.7 Å². The van der Waals surface area contributed by atoms with Crippen molar-refractivity contribution in [2.75, 3.05) is 26.7 Å². The number of amides is 1. The molecule has 0 unspecified atom stereocenters. The molecule has 0 spiro atoms. The maximum absolute atomic E-state index is 12.6. The van der Waals surface area contributed by atoms with E-state index < -0.39 is 0 Å². The van der Waals surface area contributed by atoms with Crippen molar-refractivity contribution in [3.63, 3.8) is 0 Å². The van der Waals surface area contributed by atoms with Gasteiger partial charge in [0.2, 0.25) is 5.91 Å². The van der Waals surface area contributed by atoms with Gasteiger partial charge in [-0.3, -0.25) is 9.79 Å². The molecule has 0 saturated carbocycles. The molecule has 31 heavy (non-hydrogen) atoms. The third-order valence-corrected chi connectivity index (χ3v) is 6.40. The number of aliphatic imine (C=N–C) groups is 1. The van der Waals surface area contributed by atoms with Gasteiger partial charge in [0.1, 0.15) is 5.01 Å². The molecule has 1 aromatic carbocycles. The SMILES string of the molecule is CN=C(NCC(=O)N1CCC(Cc2ccccc2)CC1)NCc1nc(C(C)C)cs1.I. The monoisotopic (exact) mass is 555 g/mol. The number of carbonyl (C=O) groups excluding carboxylic acids is 1. The average molecular weight is 556 g/mol. The lowest BCUT2D eigenvalue weighted by Crippen LogP contribution is -2.46. The fourth-order valence-electron chi connectivity index (χ4n) is 3.66. The zero-order chi connectivity index (χ0) is 21.3. The smallest absolute Gasteiger partial charge is 0.241 e. The predicted octanol–water partition coefficient (Wildman–Crippen LogP) is 4.03. The Hall–Kier alpha value is -1.68. The van der Waals surface area contributed by atoms with Crippen molar-refractivity contribution in [1.29, 1.82) is 0 Å². The van der Waals surface area contributed by atoms with Crippen LogP contribution in [0.15, 0.2) is 40.7 Å². The lowest BCUT2D eigenvalue weighted by Gasteiger charge is -2.32. The summed E-state index contributed by atoms with van der Waals surface area (Å²) >= 11 is 1.65. The van der Waals surface area contributed by atoms with Gasteiger partial charge in [-0.2, -0.15) is 0 Å². The lowest BCUT2D eigenvalue weighted by atomic mass is 9.90. The molecule has 1 aromatic heterocycles. The van der Waals surface area contributed by atoms with Gasteiger partial charge in [0.25, 0.3) is 0 Å². The van der Waals surface area contributed by atoms with Crippen LogP contribution in [-0.4, -0.2) is 48.4 Å². The Morgan fingerprint density at radius 2 is 1.94 bits per heavy atom. The van der Waals surface area contributed by atoms with Gasteiger partial charge < -0.3 is 15.5 Å². The highest BCUT2D eigenvalue weighted by Gasteiger charge is 2.23. The second-order valence-electron chi connectivity index (χ2n) is 8.11. The molecule has 1 aliphatic rings. The third-order valence-electron chi connectivity index (χ3n) is 5.53. The van der Waals surface area contributed by atoms with Crippen molar-refractivity contribution in [3.8, 4) is 0 Å². The van der Waals surface area contributed by atoms with Crippen molar-refractivity contribution >= 4 is 47.2 Å². The number of likely N-dealkylation sites (tertiary alicyclic amines) is 1. The summed E-state index contributed by atoms with van der Waals surface area (Å²) in [6.45, 7) is 6.82. The van der Waals surface area contributed by atoms with Crippen LogP contribution < -0.4 is 10.6 Å². The van der Waals surface area contributed by atoms with Crippen LogP contribution in [0.2, 0.25) is 0 Å². The first-order valence-corrected chi connectivity index (χ1v) is 11.6. The largest absolute Gasteiger partial charge is 0.350 e. The number of nitrogens with zero attached hydrogens (tertiary/aromatic N) is 3. The molecule has 1 saturated heterocycles. The van der Waals surface area contributed by atoms with E-state index in [9.17, 15) is 4.79 Å². The van der Waals surface area contributed by atoms with Crippen molar-refractivity contribution in [1.82, 2.24) is 20.5 Å². The van der Waals surface area contributed by atoms with Crippen molar-refractivity contribution in [3.05, 3.63) is 52.0 Å². The summed E-state index contributed by atoms with van der Waals surface area (Å²) < 4.78 is 0. The summed E-state index contributed by atoms with van der Waals surface area (Å²) in [6.07, 6.45) is 3.23. The number of rotatable bonds is 7. The highest BCUT2D eigenvalue weighted by atomic mass is 127. The molecular weight excluding hydrogens is 521 g/mol. The number of thiazole rings is 1. The maximum atomic E-state index is 12.6. The van der Waals surface area contributed by atoms with E-state index >= 15 is 0 Å². The molecule has 170 valence electrons. The summed E-state index contributed by atoms with van der Waals surface area (Å²) in [7, 11) is 1.72. The molecule has 2 heterocycles. The predicted molar refractivity (Wildman–Crippen MR) is 139 cm³/mol. The minimum atomic E-state index is 0. The van der Waals surface area contributed by atoms with Crippen molar-refractivity contribution < 1.29 is 4.79 Å². The van der Waals surface area contributed by atoms with E-state index in [0.29, 0.717) is 24.3 Å². The summed E-state index contributed by atoms with van der Waals surface area (Å²) in [6, 6.07) is 10.6. The summed E-state index contributed by atoms with van der Waals surface area (Å²) in [5.74, 6) is 1.85. The molecule has 6 nitrogen and oxygen atoms in total. The zero-order valence-electron chi connectivity index (χ0n) is 18.6. The molecule has 1 amide bonds. The molecule has 8 heteroatoms. The van der Waals surface area contributed by atoms with Crippen LogP contribution in [0.25, 0.3) is 0 Å². The van der Waals surface area contributed by atoms with E-state index in [0.717, 1.165) is 43.1 Å². The van der Waals surface area contributed by atoms with E-state index in [1.165, 1.54) is 5.56 Å². The van der Waals surface area contributed by atoms with E-state index in [2.05, 4.69) is 70.2 Å². The van der Waals surface area contributed by atoms with Gasteiger partial charge in [-0.25, -0.2) is 4.98 Å². The summed E-state index contributed by atoms with van der Waals surface area (Å²) in [5, 5.41) is 9.51. The molecule has 2 aromatic rings. The molecular formula is C23H34IN5OS. The first-order valence-electron chi connectivity index (χ1n) is 10.8. The highest BCUT2D eigenvalue weighted by molar-refractivity contribution is 14.0. The second-order valence-corrected chi connectivity index (χ2v) is 9.06. The number of carbonyl (C=O) groups is 1. The number of benzene rings is 1. The Labute approximate surface area is 207 Å². The van der Waals surface area contributed by atoms with Gasteiger partial charge in [-0.15, -0.1) is 35.3 Å². The van der Waals surface area contributed by atoms with E-state index in [1.807, 2.05) is 4.90 Å². The number of nitrogens with one attached hydrogen (secondary N) is 2.